The van der Waals surface area contributed by atoms with Crippen molar-refractivity contribution < 1.29 is 25.3 Å². The highest BCUT2D eigenvalue weighted by molar-refractivity contribution is 5.80. The number of carboxylic acids is 2. The Balaban J connectivity index is 3.16. The molecule has 0 saturated carbocycles. The molecule has 0 aromatic heterocycles. The fourth-order valence-corrected chi connectivity index (χ4v) is 1.44. The van der Waals surface area contributed by atoms with Crippen LogP contribution < -0.4 is 10.6 Å². The average molecular weight is 249 g/mol. The van der Waals surface area contributed by atoms with Gasteiger partial charge in [-0.2, -0.15) is 0 Å². The lowest BCUT2D eigenvalue weighted by molar-refractivity contribution is -0.149. The van der Waals surface area contributed by atoms with Gasteiger partial charge in [0.25, 0.3) is 0 Å². The lowest BCUT2D eigenvalue weighted by Gasteiger charge is -2.27. The standard InChI is InChI=1S/C10H19N3O4/c14-9(15)7-8(10(16)17)13-5-3-11-1-2-12-4-6-13/h8,11-12H,1-7H2,(H,14,15)(H,16,17)/i3D2,5D2. The van der Waals surface area contributed by atoms with Crippen molar-refractivity contribution in [2.75, 3.05) is 39.2 Å². The van der Waals surface area contributed by atoms with Crippen molar-refractivity contribution in [3.63, 3.8) is 0 Å². The molecule has 1 fully saturated rings. The van der Waals surface area contributed by atoms with E-state index in [-0.39, 0.29) is 19.6 Å². The van der Waals surface area contributed by atoms with E-state index in [1.54, 1.807) is 0 Å². The SMILES string of the molecule is [2H]C1([2H])NCCNCCN(C(CC(=O)O)C(=O)O)C1([2H])[2H]. The predicted octanol–water partition coefficient (Wildman–Crippen LogP) is -1.59. The van der Waals surface area contributed by atoms with Gasteiger partial charge in [-0.05, 0) is 0 Å². The summed E-state index contributed by atoms with van der Waals surface area (Å²) in [7, 11) is 0. The van der Waals surface area contributed by atoms with Crippen LogP contribution in [0.25, 0.3) is 0 Å². The third-order valence-electron chi connectivity index (χ3n) is 2.27. The monoisotopic (exact) mass is 249 g/mol. The Kier molecular flexibility index (Phi) is 3.75. The zero-order valence-corrected chi connectivity index (χ0v) is 9.27. The number of hydrogen-bond donors (Lipinski definition) is 4. The molecule has 0 aliphatic carbocycles. The molecular weight excluding hydrogens is 226 g/mol. The molecule has 98 valence electrons. The number of hydrogen-bond acceptors (Lipinski definition) is 5. The molecule has 1 aliphatic rings. The second-order valence-electron chi connectivity index (χ2n) is 3.56. The maximum Gasteiger partial charge on any atom is 0.321 e. The fraction of sp³-hybridized carbons (Fsp3) is 0.800. The Labute approximate surface area is 105 Å². The van der Waals surface area contributed by atoms with Crippen LogP contribution in [0.4, 0.5) is 0 Å². The van der Waals surface area contributed by atoms with Gasteiger partial charge in [0, 0.05) is 44.7 Å². The van der Waals surface area contributed by atoms with E-state index < -0.39 is 37.4 Å². The molecule has 0 radical (unpaired) electrons. The predicted molar refractivity (Wildman–Crippen MR) is 61.0 cm³/mol. The van der Waals surface area contributed by atoms with Crippen LogP contribution in [0.3, 0.4) is 0 Å². The first kappa shape index (κ1) is 8.84. The minimum absolute atomic E-state index is 0.127. The van der Waals surface area contributed by atoms with Gasteiger partial charge >= 0.3 is 11.9 Å². The van der Waals surface area contributed by atoms with Crippen LogP contribution in [-0.2, 0) is 9.59 Å². The molecule has 1 saturated heterocycles. The molecule has 0 amide bonds. The minimum Gasteiger partial charge on any atom is -0.481 e. The van der Waals surface area contributed by atoms with Gasteiger partial charge in [0.05, 0.1) is 6.42 Å². The van der Waals surface area contributed by atoms with Crippen LogP contribution in [-0.4, -0.2) is 72.3 Å². The smallest absolute Gasteiger partial charge is 0.321 e. The maximum atomic E-state index is 11.3. The van der Waals surface area contributed by atoms with Crippen molar-refractivity contribution >= 4 is 11.9 Å². The Morgan fingerprint density at radius 2 is 2.00 bits per heavy atom. The van der Waals surface area contributed by atoms with Crippen LogP contribution in [0, 0.1) is 0 Å². The molecule has 0 bridgehead atoms. The highest BCUT2D eigenvalue weighted by atomic mass is 16.4. The summed E-state index contributed by atoms with van der Waals surface area (Å²) in [5, 5.41) is 23.3. The number of rotatable bonds is 4. The summed E-state index contributed by atoms with van der Waals surface area (Å²) >= 11 is 0. The van der Waals surface area contributed by atoms with Crippen molar-refractivity contribution in [1.82, 2.24) is 15.5 Å². The molecule has 7 heteroatoms. The molecular formula is C10H19N3O4. The van der Waals surface area contributed by atoms with E-state index in [4.69, 9.17) is 10.6 Å². The van der Waals surface area contributed by atoms with Crippen LogP contribution in [0.15, 0.2) is 0 Å². The lowest BCUT2D eigenvalue weighted by Crippen LogP contribution is -2.47. The van der Waals surface area contributed by atoms with Gasteiger partial charge in [-0.25, -0.2) is 0 Å². The van der Waals surface area contributed by atoms with Crippen LogP contribution in [0.1, 0.15) is 11.9 Å². The number of nitrogens with zero attached hydrogens (tertiary/aromatic N) is 1. The zero-order chi connectivity index (χ0) is 16.3. The van der Waals surface area contributed by atoms with Gasteiger partial charge in [0.15, 0.2) is 0 Å². The van der Waals surface area contributed by atoms with E-state index >= 15 is 0 Å². The van der Waals surface area contributed by atoms with Gasteiger partial charge < -0.3 is 20.8 Å². The lowest BCUT2D eigenvalue weighted by atomic mass is 10.1. The number of carboxylic acid groups (broad SMARTS) is 2. The van der Waals surface area contributed by atoms with Crippen molar-refractivity contribution in [3.05, 3.63) is 0 Å². The molecule has 1 aliphatic heterocycles. The first-order chi connectivity index (χ1) is 9.59. The van der Waals surface area contributed by atoms with E-state index in [1.165, 1.54) is 0 Å². The molecule has 1 atom stereocenters. The minimum atomic E-state index is -2.68. The van der Waals surface area contributed by atoms with Crippen molar-refractivity contribution in [2.45, 2.75) is 12.5 Å². The number of aliphatic carboxylic acids is 2. The Hall–Kier alpha value is -1.18. The molecule has 0 aromatic rings. The molecule has 1 rings (SSSR count). The quantitative estimate of drug-likeness (QED) is 0.476. The molecule has 1 heterocycles. The molecule has 0 aromatic carbocycles. The summed E-state index contributed by atoms with van der Waals surface area (Å²) in [6, 6.07) is -1.66. The van der Waals surface area contributed by atoms with E-state index in [0.29, 0.717) is 6.54 Å². The highest BCUT2D eigenvalue weighted by Crippen LogP contribution is 2.05. The first-order valence-electron chi connectivity index (χ1n) is 7.26. The van der Waals surface area contributed by atoms with Gasteiger partial charge in [0.1, 0.15) is 6.04 Å². The van der Waals surface area contributed by atoms with E-state index in [0.717, 1.165) is 4.90 Å². The third kappa shape index (κ3) is 5.12. The Morgan fingerprint density at radius 3 is 2.65 bits per heavy atom. The second kappa shape index (κ2) is 7.21. The third-order valence-corrected chi connectivity index (χ3v) is 2.27. The van der Waals surface area contributed by atoms with E-state index in [9.17, 15) is 14.7 Å². The molecule has 17 heavy (non-hydrogen) atoms. The maximum absolute atomic E-state index is 11.3. The van der Waals surface area contributed by atoms with E-state index in [1.807, 2.05) is 0 Å². The number of carbonyl (C=O) groups is 2. The van der Waals surface area contributed by atoms with Gasteiger partial charge in [-0.1, -0.05) is 0 Å². The highest BCUT2D eigenvalue weighted by Gasteiger charge is 2.27. The summed E-state index contributed by atoms with van der Waals surface area (Å²) < 4.78 is 31.5. The summed E-state index contributed by atoms with van der Waals surface area (Å²) in [6.45, 7) is -4.56. The zero-order valence-electron chi connectivity index (χ0n) is 13.3. The van der Waals surface area contributed by atoms with Crippen LogP contribution >= 0.6 is 0 Å². The topological polar surface area (TPSA) is 102 Å². The summed E-state index contributed by atoms with van der Waals surface area (Å²) in [4.78, 5) is 22.8. The van der Waals surface area contributed by atoms with Gasteiger partial charge in [-0.15, -0.1) is 0 Å². The van der Waals surface area contributed by atoms with Crippen molar-refractivity contribution in [2.24, 2.45) is 0 Å². The largest absolute Gasteiger partial charge is 0.481 e. The van der Waals surface area contributed by atoms with Crippen molar-refractivity contribution in [3.8, 4) is 0 Å². The van der Waals surface area contributed by atoms with Crippen LogP contribution in [0.2, 0.25) is 0 Å². The molecule has 1 unspecified atom stereocenters. The van der Waals surface area contributed by atoms with Crippen LogP contribution in [0.5, 0.6) is 0 Å². The van der Waals surface area contributed by atoms with Gasteiger partial charge in [0.2, 0.25) is 0 Å². The molecule has 4 N–H and O–H groups in total. The number of nitrogens with one attached hydrogen (secondary N) is 2. The van der Waals surface area contributed by atoms with E-state index in [2.05, 4.69) is 10.6 Å². The molecule has 7 nitrogen and oxygen atoms in total. The fourth-order valence-electron chi connectivity index (χ4n) is 1.44. The van der Waals surface area contributed by atoms with Crippen molar-refractivity contribution in [1.29, 1.82) is 0 Å². The summed E-state index contributed by atoms with van der Waals surface area (Å²) in [5.41, 5.74) is 0. The Bertz CT molecular complexity index is 408. The second-order valence-corrected chi connectivity index (χ2v) is 3.56. The molecule has 0 spiro atoms. The summed E-state index contributed by atoms with van der Waals surface area (Å²) in [6.07, 6.45) is -0.815. The average Bonchev–Trinajstić information content (AvgIpc) is 2.38. The van der Waals surface area contributed by atoms with Gasteiger partial charge in [-0.3, -0.25) is 14.5 Å². The first-order valence-corrected chi connectivity index (χ1v) is 5.26. The summed E-state index contributed by atoms with van der Waals surface area (Å²) in [5.74, 6) is -2.89. The normalized spacial score (nSPS) is 30.4. The Morgan fingerprint density at radius 1 is 1.29 bits per heavy atom.